The molecule has 2 atom stereocenters. The summed E-state index contributed by atoms with van der Waals surface area (Å²) in [5, 5.41) is 0. The highest BCUT2D eigenvalue weighted by Crippen LogP contribution is 2.35. The first-order valence-electron chi connectivity index (χ1n) is 8.20. The summed E-state index contributed by atoms with van der Waals surface area (Å²) in [7, 11) is 0. The summed E-state index contributed by atoms with van der Waals surface area (Å²) >= 11 is 0. The third kappa shape index (κ3) is 2.41. The van der Waals surface area contributed by atoms with Crippen LogP contribution in [-0.2, 0) is 6.54 Å². The summed E-state index contributed by atoms with van der Waals surface area (Å²) in [6.45, 7) is 7.27. The van der Waals surface area contributed by atoms with Gasteiger partial charge in [-0.25, -0.2) is 4.98 Å². The van der Waals surface area contributed by atoms with E-state index in [1.54, 1.807) is 0 Å². The van der Waals surface area contributed by atoms with Crippen LogP contribution in [0.3, 0.4) is 0 Å². The Morgan fingerprint density at radius 3 is 2.73 bits per heavy atom. The maximum atomic E-state index is 5.75. The first-order chi connectivity index (χ1) is 10.7. The van der Waals surface area contributed by atoms with Crippen LogP contribution in [0.2, 0.25) is 0 Å². The number of likely N-dealkylation sites (tertiary alicyclic amines) is 1. The lowest BCUT2D eigenvalue weighted by molar-refractivity contribution is 0.225. The third-order valence-corrected chi connectivity index (χ3v) is 5.01. The smallest absolute Gasteiger partial charge is 0.129 e. The van der Waals surface area contributed by atoms with Crippen LogP contribution in [0.1, 0.15) is 30.1 Å². The largest absolute Gasteiger partial charge is 0.465 e. The Bertz CT molecular complexity index is 666. The standard InChI is InChI=1S/C18H23N3O/c1-13-4-3-5-18(19-13)21-11-9-16-17(21)8-10-20(16)12-15-7-6-14(2)22-15/h3-7,16-17H,8-12H2,1-2H3/t16-,17-/m0/s1. The van der Waals surface area contributed by atoms with Crippen LogP contribution in [-0.4, -0.2) is 35.1 Å². The van der Waals surface area contributed by atoms with E-state index in [-0.39, 0.29) is 0 Å². The lowest BCUT2D eigenvalue weighted by Gasteiger charge is -2.26. The second-order valence-electron chi connectivity index (χ2n) is 6.53. The van der Waals surface area contributed by atoms with Crippen LogP contribution in [0, 0.1) is 13.8 Å². The first-order valence-corrected chi connectivity index (χ1v) is 8.20. The van der Waals surface area contributed by atoms with E-state index in [1.807, 2.05) is 6.92 Å². The molecule has 0 aliphatic carbocycles. The number of furan rings is 1. The van der Waals surface area contributed by atoms with Gasteiger partial charge in [-0.15, -0.1) is 0 Å². The number of nitrogens with zero attached hydrogens (tertiary/aromatic N) is 3. The average molecular weight is 297 g/mol. The van der Waals surface area contributed by atoms with Crippen molar-refractivity contribution in [3.63, 3.8) is 0 Å². The number of anilines is 1. The molecule has 2 fully saturated rings. The van der Waals surface area contributed by atoms with Gasteiger partial charge in [-0.2, -0.15) is 0 Å². The molecule has 2 aliphatic rings. The van der Waals surface area contributed by atoms with Crippen molar-refractivity contribution in [2.45, 2.75) is 45.3 Å². The number of hydrogen-bond acceptors (Lipinski definition) is 4. The van der Waals surface area contributed by atoms with E-state index in [0.717, 1.165) is 42.7 Å². The number of aromatic nitrogens is 1. The fourth-order valence-corrected chi connectivity index (χ4v) is 4.01. The molecule has 4 heteroatoms. The van der Waals surface area contributed by atoms with E-state index in [4.69, 9.17) is 9.40 Å². The van der Waals surface area contributed by atoms with Gasteiger partial charge in [-0.1, -0.05) is 6.07 Å². The predicted molar refractivity (Wildman–Crippen MR) is 87.0 cm³/mol. The monoisotopic (exact) mass is 297 g/mol. The molecule has 22 heavy (non-hydrogen) atoms. The molecule has 0 unspecified atom stereocenters. The van der Waals surface area contributed by atoms with Gasteiger partial charge >= 0.3 is 0 Å². The summed E-state index contributed by atoms with van der Waals surface area (Å²) in [5.41, 5.74) is 1.10. The fourth-order valence-electron chi connectivity index (χ4n) is 4.01. The second kappa shape index (κ2) is 5.43. The lowest BCUT2D eigenvalue weighted by Crippen LogP contribution is -2.36. The number of hydrogen-bond donors (Lipinski definition) is 0. The van der Waals surface area contributed by atoms with Crippen LogP contribution in [0.25, 0.3) is 0 Å². The van der Waals surface area contributed by atoms with Gasteiger partial charge in [0.15, 0.2) is 0 Å². The van der Waals surface area contributed by atoms with E-state index in [0.29, 0.717) is 12.1 Å². The fraction of sp³-hybridized carbons (Fsp3) is 0.500. The molecule has 0 spiro atoms. The normalized spacial score (nSPS) is 24.9. The Hall–Kier alpha value is -1.81. The zero-order chi connectivity index (χ0) is 15.1. The van der Waals surface area contributed by atoms with E-state index < -0.39 is 0 Å². The number of aryl methyl sites for hydroxylation is 2. The molecule has 0 aromatic carbocycles. The molecule has 0 radical (unpaired) electrons. The molecule has 4 nitrogen and oxygen atoms in total. The second-order valence-corrected chi connectivity index (χ2v) is 6.53. The predicted octanol–water partition coefficient (Wildman–Crippen LogP) is 3.14. The van der Waals surface area contributed by atoms with Gasteiger partial charge < -0.3 is 9.32 Å². The number of pyridine rings is 1. The van der Waals surface area contributed by atoms with Crippen LogP contribution in [0.5, 0.6) is 0 Å². The molecule has 0 bridgehead atoms. The highest BCUT2D eigenvalue weighted by Gasteiger charge is 2.43. The van der Waals surface area contributed by atoms with E-state index in [1.165, 1.54) is 12.8 Å². The van der Waals surface area contributed by atoms with E-state index >= 15 is 0 Å². The highest BCUT2D eigenvalue weighted by atomic mass is 16.3. The van der Waals surface area contributed by atoms with Gasteiger partial charge in [-0.3, -0.25) is 4.90 Å². The Balaban J connectivity index is 1.49. The van der Waals surface area contributed by atoms with Crippen molar-refractivity contribution >= 4 is 5.82 Å². The molecule has 0 saturated carbocycles. The van der Waals surface area contributed by atoms with E-state index in [2.05, 4.69) is 47.1 Å². The number of fused-ring (bicyclic) bond motifs is 1. The quantitative estimate of drug-likeness (QED) is 0.871. The molecule has 2 saturated heterocycles. The molecule has 2 aromatic rings. The highest BCUT2D eigenvalue weighted by molar-refractivity contribution is 5.43. The van der Waals surface area contributed by atoms with Crippen LogP contribution in [0.4, 0.5) is 5.82 Å². The van der Waals surface area contributed by atoms with Crippen molar-refractivity contribution in [3.8, 4) is 0 Å². The zero-order valence-electron chi connectivity index (χ0n) is 13.3. The molecule has 0 amide bonds. The molecule has 0 N–H and O–H groups in total. The van der Waals surface area contributed by atoms with Gasteiger partial charge in [-0.05, 0) is 51.0 Å². The van der Waals surface area contributed by atoms with Gasteiger partial charge in [0.25, 0.3) is 0 Å². The van der Waals surface area contributed by atoms with E-state index in [9.17, 15) is 0 Å². The lowest BCUT2D eigenvalue weighted by atomic mass is 10.1. The summed E-state index contributed by atoms with van der Waals surface area (Å²) in [6, 6.07) is 11.7. The van der Waals surface area contributed by atoms with Crippen molar-refractivity contribution < 1.29 is 4.42 Å². The SMILES string of the molecule is Cc1cccc(N2CC[C@H]3[C@@H]2CCN3Cc2ccc(C)o2)n1. The molecule has 116 valence electrons. The summed E-state index contributed by atoms with van der Waals surface area (Å²) < 4.78 is 5.75. The van der Waals surface area contributed by atoms with Crippen molar-refractivity contribution in [1.82, 2.24) is 9.88 Å². The average Bonchev–Trinajstić information content (AvgIpc) is 3.17. The number of rotatable bonds is 3. The summed E-state index contributed by atoms with van der Waals surface area (Å²) in [6.07, 6.45) is 2.44. The zero-order valence-corrected chi connectivity index (χ0v) is 13.3. The molecule has 4 heterocycles. The molecular weight excluding hydrogens is 274 g/mol. The summed E-state index contributed by atoms with van der Waals surface area (Å²) in [5.74, 6) is 3.23. The first kappa shape index (κ1) is 13.8. The summed E-state index contributed by atoms with van der Waals surface area (Å²) in [4.78, 5) is 9.80. The van der Waals surface area contributed by atoms with Crippen LogP contribution < -0.4 is 4.90 Å². The maximum absolute atomic E-state index is 5.75. The van der Waals surface area contributed by atoms with Crippen molar-refractivity contribution in [2.75, 3.05) is 18.0 Å². The Labute approximate surface area is 131 Å². The minimum atomic E-state index is 0.602. The van der Waals surface area contributed by atoms with Crippen molar-refractivity contribution in [3.05, 3.63) is 47.5 Å². The minimum Gasteiger partial charge on any atom is -0.465 e. The van der Waals surface area contributed by atoms with Gasteiger partial charge in [0.2, 0.25) is 0 Å². The van der Waals surface area contributed by atoms with Crippen molar-refractivity contribution in [1.29, 1.82) is 0 Å². The molecule has 2 aliphatic heterocycles. The molecular formula is C18H23N3O. The Kier molecular flexibility index (Phi) is 3.41. The van der Waals surface area contributed by atoms with Gasteiger partial charge in [0.05, 0.1) is 6.54 Å². The minimum absolute atomic E-state index is 0.602. The van der Waals surface area contributed by atoms with Gasteiger partial charge in [0, 0.05) is 30.9 Å². The van der Waals surface area contributed by atoms with Crippen LogP contribution >= 0.6 is 0 Å². The van der Waals surface area contributed by atoms with Crippen LogP contribution in [0.15, 0.2) is 34.7 Å². The maximum Gasteiger partial charge on any atom is 0.129 e. The van der Waals surface area contributed by atoms with Gasteiger partial charge in [0.1, 0.15) is 17.3 Å². The third-order valence-electron chi connectivity index (χ3n) is 5.01. The molecule has 2 aromatic heterocycles. The Morgan fingerprint density at radius 2 is 1.95 bits per heavy atom. The Morgan fingerprint density at radius 1 is 1.09 bits per heavy atom. The molecule has 4 rings (SSSR count). The van der Waals surface area contributed by atoms with Crippen molar-refractivity contribution in [2.24, 2.45) is 0 Å². The topological polar surface area (TPSA) is 32.5 Å².